The Bertz CT molecular complexity index is 449. The van der Waals surface area contributed by atoms with Crippen molar-refractivity contribution in [3.05, 3.63) is 35.4 Å². The zero-order valence-corrected chi connectivity index (χ0v) is 14.9. The highest BCUT2D eigenvalue weighted by Gasteiger charge is 2.14. The molecule has 0 radical (unpaired) electrons. The molecule has 1 saturated heterocycles. The summed E-state index contributed by atoms with van der Waals surface area (Å²) in [5.41, 5.74) is 1.93. The number of carbonyl (C=O) groups excluding carboxylic acids is 1. The molecule has 1 aromatic rings. The largest absolute Gasteiger partial charge is 0.352 e. The molecule has 0 saturated carbocycles. The lowest BCUT2D eigenvalue weighted by Gasteiger charge is -2.22. The highest BCUT2D eigenvalue weighted by molar-refractivity contribution is 5.94. The van der Waals surface area contributed by atoms with Gasteiger partial charge in [0.15, 0.2) is 0 Å². The van der Waals surface area contributed by atoms with Gasteiger partial charge in [-0.15, -0.1) is 24.8 Å². The van der Waals surface area contributed by atoms with Crippen molar-refractivity contribution in [1.29, 1.82) is 0 Å². The number of carbonyl (C=O) groups is 1. The van der Waals surface area contributed by atoms with Gasteiger partial charge in [0.1, 0.15) is 0 Å². The van der Waals surface area contributed by atoms with Gasteiger partial charge in [-0.25, -0.2) is 0 Å². The molecular formula is C16H27Cl2N3O. The summed E-state index contributed by atoms with van der Waals surface area (Å²) >= 11 is 0. The molecular weight excluding hydrogens is 321 g/mol. The Morgan fingerprint density at radius 1 is 1.36 bits per heavy atom. The van der Waals surface area contributed by atoms with E-state index in [1.54, 1.807) is 0 Å². The summed E-state index contributed by atoms with van der Waals surface area (Å²) in [7, 11) is 4.06. The molecule has 1 atom stereocenters. The van der Waals surface area contributed by atoms with Gasteiger partial charge in [-0.2, -0.15) is 0 Å². The summed E-state index contributed by atoms with van der Waals surface area (Å²) in [6.45, 7) is 3.75. The Labute approximate surface area is 145 Å². The van der Waals surface area contributed by atoms with Gasteiger partial charge in [0.2, 0.25) is 0 Å². The molecule has 6 heteroatoms. The normalized spacial score (nSPS) is 17.3. The molecule has 126 valence electrons. The smallest absolute Gasteiger partial charge is 0.251 e. The molecule has 2 N–H and O–H groups in total. The van der Waals surface area contributed by atoms with Crippen molar-refractivity contribution >= 4 is 30.7 Å². The maximum atomic E-state index is 12.2. The third kappa shape index (κ3) is 6.97. The van der Waals surface area contributed by atoms with Crippen LogP contribution in [0.25, 0.3) is 0 Å². The SMILES string of the molecule is CN(C)Cc1cccc(C(=O)NCC2CCCNC2)c1.Cl.Cl. The second-order valence-electron chi connectivity index (χ2n) is 5.86. The second kappa shape index (κ2) is 10.8. The molecule has 22 heavy (non-hydrogen) atoms. The minimum absolute atomic E-state index is 0. The van der Waals surface area contributed by atoms with E-state index < -0.39 is 0 Å². The van der Waals surface area contributed by atoms with E-state index >= 15 is 0 Å². The Hall–Kier alpha value is -0.810. The Balaban J connectivity index is 0.00000220. The fraction of sp³-hybridized carbons (Fsp3) is 0.562. The van der Waals surface area contributed by atoms with Crippen LogP contribution in [0.2, 0.25) is 0 Å². The molecule has 0 aromatic heterocycles. The van der Waals surface area contributed by atoms with Gasteiger partial charge in [-0.3, -0.25) is 4.79 Å². The van der Waals surface area contributed by atoms with Crippen LogP contribution in [0.15, 0.2) is 24.3 Å². The second-order valence-corrected chi connectivity index (χ2v) is 5.86. The van der Waals surface area contributed by atoms with E-state index in [4.69, 9.17) is 0 Å². The summed E-state index contributed by atoms with van der Waals surface area (Å²) in [6, 6.07) is 7.87. The van der Waals surface area contributed by atoms with Crippen LogP contribution >= 0.6 is 24.8 Å². The van der Waals surface area contributed by atoms with E-state index in [9.17, 15) is 4.79 Å². The van der Waals surface area contributed by atoms with Gasteiger partial charge in [-0.05, 0) is 63.6 Å². The van der Waals surface area contributed by atoms with Gasteiger partial charge in [0.05, 0.1) is 0 Å². The highest BCUT2D eigenvalue weighted by Crippen LogP contribution is 2.10. The Morgan fingerprint density at radius 3 is 2.77 bits per heavy atom. The van der Waals surface area contributed by atoms with Crippen molar-refractivity contribution < 1.29 is 4.79 Å². The standard InChI is InChI=1S/C16H25N3O.2ClH/c1-19(2)12-13-5-3-7-15(9-13)16(20)18-11-14-6-4-8-17-10-14;;/h3,5,7,9,14,17H,4,6,8,10-12H2,1-2H3,(H,18,20);2*1H. The van der Waals surface area contributed by atoms with E-state index in [2.05, 4.69) is 21.6 Å². The number of hydrogen-bond acceptors (Lipinski definition) is 3. The average Bonchev–Trinajstić information content (AvgIpc) is 2.45. The van der Waals surface area contributed by atoms with Gasteiger partial charge < -0.3 is 15.5 Å². The molecule has 1 amide bonds. The van der Waals surface area contributed by atoms with Crippen molar-refractivity contribution in [3.63, 3.8) is 0 Å². The maximum absolute atomic E-state index is 12.2. The lowest BCUT2D eigenvalue weighted by atomic mass is 9.99. The first-order valence-corrected chi connectivity index (χ1v) is 7.38. The van der Waals surface area contributed by atoms with Gasteiger partial charge in [0, 0.05) is 18.7 Å². The van der Waals surface area contributed by atoms with Crippen LogP contribution in [-0.2, 0) is 6.54 Å². The molecule has 4 nitrogen and oxygen atoms in total. The number of halogens is 2. The fourth-order valence-corrected chi connectivity index (χ4v) is 2.61. The van der Waals surface area contributed by atoms with Crippen molar-refractivity contribution in [2.75, 3.05) is 33.7 Å². The average molecular weight is 348 g/mol. The minimum Gasteiger partial charge on any atom is -0.352 e. The molecule has 1 aliphatic rings. The highest BCUT2D eigenvalue weighted by atomic mass is 35.5. The molecule has 1 aliphatic heterocycles. The van der Waals surface area contributed by atoms with Crippen LogP contribution in [0.5, 0.6) is 0 Å². The minimum atomic E-state index is 0. The van der Waals surface area contributed by atoms with E-state index in [0.29, 0.717) is 5.92 Å². The summed E-state index contributed by atoms with van der Waals surface area (Å²) in [5, 5.41) is 6.43. The van der Waals surface area contributed by atoms with Gasteiger partial charge >= 0.3 is 0 Å². The fourth-order valence-electron chi connectivity index (χ4n) is 2.61. The van der Waals surface area contributed by atoms with Crippen LogP contribution in [-0.4, -0.2) is 44.5 Å². The number of benzene rings is 1. The molecule has 0 aliphatic carbocycles. The number of amides is 1. The predicted molar refractivity (Wildman–Crippen MR) is 96.3 cm³/mol. The van der Waals surface area contributed by atoms with E-state index in [-0.39, 0.29) is 30.7 Å². The summed E-state index contributed by atoms with van der Waals surface area (Å²) in [6.07, 6.45) is 2.41. The zero-order valence-electron chi connectivity index (χ0n) is 13.3. The lowest BCUT2D eigenvalue weighted by molar-refractivity contribution is 0.0944. The number of rotatable bonds is 5. The number of piperidine rings is 1. The topological polar surface area (TPSA) is 44.4 Å². The summed E-state index contributed by atoms with van der Waals surface area (Å²) in [5.74, 6) is 0.605. The number of nitrogens with zero attached hydrogens (tertiary/aromatic N) is 1. The van der Waals surface area contributed by atoms with E-state index in [0.717, 1.165) is 31.7 Å². The first kappa shape index (κ1) is 21.2. The monoisotopic (exact) mass is 347 g/mol. The first-order valence-electron chi connectivity index (χ1n) is 7.38. The molecule has 1 fully saturated rings. The van der Waals surface area contributed by atoms with E-state index in [1.165, 1.54) is 18.4 Å². The first-order chi connectivity index (χ1) is 9.65. The molecule has 1 heterocycles. The summed E-state index contributed by atoms with van der Waals surface area (Å²) in [4.78, 5) is 14.3. The zero-order chi connectivity index (χ0) is 14.4. The van der Waals surface area contributed by atoms with Gasteiger partial charge in [-0.1, -0.05) is 12.1 Å². The lowest BCUT2D eigenvalue weighted by Crippen LogP contribution is -2.38. The maximum Gasteiger partial charge on any atom is 0.251 e. The number of nitrogens with one attached hydrogen (secondary N) is 2. The summed E-state index contributed by atoms with van der Waals surface area (Å²) < 4.78 is 0. The molecule has 1 aromatic carbocycles. The Kier molecular flexibility index (Phi) is 10.4. The molecule has 0 spiro atoms. The van der Waals surface area contributed by atoms with Crippen molar-refractivity contribution in [2.45, 2.75) is 19.4 Å². The van der Waals surface area contributed by atoms with Crippen LogP contribution in [0, 0.1) is 5.92 Å². The van der Waals surface area contributed by atoms with Crippen molar-refractivity contribution in [3.8, 4) is 0 Å². The quantitative estimate of drug-likeness (QED) is 0.858. The number of hydrogen-bond donors (Lipinski definition) is 2. The van der Waals surface area contributed by atoms with Crippen LogP contribution < -0.4 is 10.6 Å². The third-order valence-electron chi connectivity index (χ3n) is 3.64. The molecule has 2 rings (SSSR count). The third-order valence-corrected chi connectivity index (χ3v) is 3.64. The predicted octanol–water partition coefficient (Wildman–Crippen LogP) is 2.32. The molecule has 1 unspecified atom stereocenters. The molecule has 0 bridgehead atoms. The van der Waals surface area contributed by atoms with Crippen LogP contribution in [0.4, 0.5) is 0 Å². The van der Waals surface area contributed by atoms with Crippen LogP contribution in [0.1, 0.15) is 28.8 Å². The van der Waals surface area contributed by atoms with E-state index in [1.807, 2.05) is 32.3 Å². The Morgan fingerprint density at radius 2 is 2.14 bits per heavy atom. The van der Waals surface area contributed by atoms with Gasteiger partial charge in [0.25, 0.3) is 5.91 Å². The van der Waals surface area contributed by atoms with Crippen molar-refractivity contribution in [2.24, 2.45) is 5.92 Å². The van der Waals surface area contributed by atoms with Crippen LogP contribution in [0.3, 0.4) is 0 Å². The van der Waals surface area contributed by atoms with Crippen molar-refractivity contribution in [1.82, 2.24) is 15.5 Å².